The van der Waals surface area contributed by atoms with Gasteiger partial charge in [-0.05, 0) is 62.6 Å². The largest absolute Gasteiger partial charge is 0.461 e. The molecular weight excluding hydrogens is 498 g/mol. The molecule has 200 valence electrons. The van der Waals surface area contributed by atoms with Gasteiger partial charge in [-0.3, -0.25) is 15.0 Å². The van der Waals surface area contributed by atoms with Gasteiger partial charge in [0.25, 0.3) is 5.91 Å². The molecule has 0 aliphatic carbocycles. The van der Waals surface area contributed by atoms with Crippen LogP contribution in [0.15, 0.2) is 59.8 Å². The van der Waals surface area contributed by atoms with Crippen LogP contribution in [-0.2, 0) is 19.1 Å². The Hall–Kier alpha value is -4.28. The van der Waals surface area contributed by atoms with E-state index in [0.717, 1.165) is 18.5 Å². The van der Waals surface area contributed by atoms with E-state index >= 15 is 0 Å². The zero-order valence-corrected chi connectivity index (χ0v) is 20.8. The zero-order valence-electron chi connectivity index (χ0n) is 20.8. The van der Waals surface area contributed by atoms with E-state index in [2.05, 4.69) is 10.1 Å². The van der Waals surface area contributed by atoms with Crippen LogP contribution in [0, 0.1) is 5.41 Å². The van der Waals surface area contributed by atoms with Crippen LogP contribution >= 0.6 is 0 Å². The summed E-state index contributed by atoms with van der Waals surface area (Å²) < 4.78 is 34.8. The molecule has 2 aromatic carbocycles. The maximum Gasteiger partial charge on any atom is 0.387 e. The predicted octanol–water partition coefficient (Wildman–Crippen LogP) is 4.49. The molecule has 38 heavy (non-hydrogen) atoms. The van der Waals surface area contributed by atoms with Crippen molar-refractivity contribution in [3.63, 3.8) is 0 Å². The monoisotopic (exact) mass is 526 g/mol. The standard InChI is InChI=1S/C27H28F2N4O5/c1-2-37-26(36)23(30)21-13-15-33(19-11-9-18(10-12-19)32-14-4-3-8-22(32)34)25(35)24(21)31-17-6-5-7-20(16-17)38-27(28)29/h5-7,9-12,16,27,30-31H,2-4,8,13-15H2,1H3. The van der Waals surface area contributed by atoms with Crippen molar-refractivity contribution in [1.82, 2.24) is 0 Å². The highest BCUT2D eigenvalue weighted by atomic mass is 19.3. The quantitative estimate of drug-likeness (QED) is 0.368. The lowest BCUT2D eigenvalue weighted by atomic mass is 9.98. The van der Waals surface area contributed by atoms with Crippen molar-refractivity contribution in [3.8, 4) is 5.75 Å². The van der Waals surface area contributed by atoms with Crippen molar-refractivity contribution in [1.29, 1.82) is 5.41 Å². The fraction of sp³-hybridized carbons (Fsp3) is 0.333. The van der Waals surface area contributed by atoms with Gasteiger partial charge < -0.3 is 24.6 Å². The molecule has 0 atom stereocenters. The molecule has 0 saturated carbocycles. The number of nitrogens with one attached hydrogen (secondary N) is 2. The van der Waals surface area contributed by atoms with Gasteiger partial charge in [0.2, 0.25) is 5.91 Å². The summed E-state index contributed by atoms with van der Waals surface area (Å²) in [7, 11) is 0. The number of carbonyl (C=O) groups excluding carboxylic acids is 3. The lowest BCUT2D eigenvalue weighted by Crippen LogP contribution is -2.42. The minimum atomic E-state index is -3.02. The Balaban J connectivity index is 1.63. The lowest BCUT2D eigenvalue weighted by Gasteiger charge is -2.32. The molecule has 0 radical (unpaired) electrons. The van der Waals surface area contributed by atoms with Crippen LogP contribution in [0.25, 0.3) is 0 Å². The van der Waals surface area contributed by atoms with Gasteiger partial charge in [0.15, 0.2) is 0 Å². The second-order valence-corrected chi connectivity index (χ2v) is 8.71. The van der Waals surface area contributed by atoms with Crippen LogP contribution in [0.2, 0.25) is 0 Å². The summed E-state index contributed by atoms with van der Waals surface area (Å²) in [5, 5.41) is 11.2. The third-order valence-electron chi connectivity index (χ3n) is 6.25. The van der Waals surface area contributed by atoms with Crippen LogP contribution in [0.1, 0.15) is 32.6 Å². The maximum atomic E-state index is 13.7. The SMILES string of the molecule is CCOC(=O)C(=N)C1=C(Nc2cccc(OC(F)F)c2)C(=O)N(c2ccc(N3CCCCC3=O)cc2)CC1. The van der Waals surface area contributed by atoms with E-state index < -0.39 is 24.2 Å². The number of hydrogen-bond donors (Lipinski definition) is 2. The normalized spacial score (nSPS) is 16.1. The number of carbonyl (C=O) groups is 3. The minimum Gasteiger partial charge on any atom is -0.461 e. The van der Waals surface area contributed by atoms with Crippen LogP contribution in [-0.4, -0.2) is 49.8 Å². The Bertz CT molecular complexity index is 1260. The van der Waals surface area contributed by atoms with E-state index in [1.807, 2.05) is 0 Å². The van der Waals surface area contributed by atoms with Gasteiger partial charge in [-0.25, -0.2) is 4.79 Å². The first kappa shape index (κ1) is 26.8. The Morgan fingerprint density at radius 1 is 1.03 bits per heavy atom. The Labute approximate surface area is 218 Å². The fourth-order valence-corrected chi connectivity index (χ4v) is 4.45. The van der Waals surface area contributed by atoms with Crippen molar-refractivity contribution in [2.75, 3.05) is 34.8 Å². The summed E-state index contributed by atoms with van der Waals surface area (Å²) in [6, 6.07) is 12.7. The molecular formula is C27H28F2N4O5. The fourth-order valence-electron chi connectivity index (χ4n) is 4.45. The topological polar surface area (TPSA) is 112 Å². The summed E-state index contributed by atoms with van der Waals surface area (Å²) in [5.41, 5.74) is 1.23. The molecule has 0 bridgehead atoms. The summed E-state index contributed by atoms with van der Waals surface area (Å²) in [4.78, 5) is 41.5. The average Bonchev–Trinajstić information content (AvgIpc) is 2.90. The van der Waals surface area contributed by atoms with Crippen LogP contribution in [0.5, 0.6) is 5.75 Å². The summed E-state index contributed by atoms with van der Waals surface area (Å²) >= 11 is 0. The molecule has 0 aromatic heterocycles. The van der Waals surface area contributed by atoms with E-state index in [9.17, 15) is 23.2 Å². The number of hydrogen-bond acceptors (Lipinski definition) is 7. The lowest BCUT2D eigenvalue weighted by molar-refractivity contribution is -0.135. The van der Waals surface area contributed by atoms with Gasteiger partial charge in [-0.2, -0.15) is 8.78 Å². The molecule has 9 nitrogen and oxygen atoms in total. The van der Waals surface area contributed by atoms with Crippen molar-refractivity contribution < 1.29 is 32.6 Å². The number of anilines is 3. The second-order valence-electron chi connectivity index (χ2n) is 8.71. The summed E-state index contributed by atoms with van der Waals surface area (Å²) in [5.74, 6) is -1.43. The molecule has 2 amide bonds. The first-order valence-corrected chi connectivity index (χ1v) is 12.3. The molecule has 2 aromatic rings. The number of amides is 2. The number of rotatable bonds is 9. The Kier molecular flexibility index (Phi) is 8.35. The van der Waals surface area contributed by atoms with Crippen molar-refractivity contribution >= 4 is 40.6 Å². The first-order valence-electron chi connectivity index (χ1n) is 12.3. The highest BCUT2D eigenvalue weighted by Gasteiger charge is 2.33. The van der Waals surface area contributed by atoms with Gasteiger partial charge in [-0.15, -0.1) is 0 Å². The number of alkyl halides is 2. The molecule has 4 rings (SSSR count). The van der Waals surface area contributed by atoms with E-state index in [4.69, 9.17) is 10.1 Å². The Morgan fingerprint density at radius 2 is 1.74 bits per heavy atom. The van der Waals surface area contributed by atoms with E-state index in [0.29, 0.717) is 18.7 Å². The third kappa shape index (κ3) is 5.99. The smallest absolute Gasteiger partial charge is 0.387 e. The van der Waals surface area contributed by atoms with Crippen LogP contribution in [0.4, 0.5) is 25.8 Å². The molecule has 2 aliphatic rings. The number of halogens is 2. The summed E-state index contributed by atoms with van der Waals surface area (Å²) in [6.07, 6.45) is 2.48. The minimum absolute atomic E-state index is 0.0428. The average molecular weight is 527 g/mol. The zero-order chi connectivity index (χ0) is 27.2. The molecule has 1 saturated heterocycles. The van der Waals surface area contributed by atoms with E-state index in [1.165, 1.54) is 23.1 Å². The number of benzene rings is 2. The molecule has 1 fully saturated rings. The van der Waals surface area contributed by atoms with Crippen LogP contribution in [0.3, 0.4) is 0 Å². The number of piperidine rings is 1. The third-order valence-corrected chi connectivity index (χ3v) is 6.25. The first-order chi connectivity index (χ1) is 18.3. The molecule has 2 N–H and O–H groups in total. The van der Waals surface area contributed by atoms with Crippen molar-refractivity contribution in [2.24, 2.45) is 0 Å². The molecule has 0 spiro atoms. The van der Waals surface area contributed by atoms with Crippen molar-refractivity contribution in [3.05, 3.63) is 59.8 Å². The predicted molar refractivity (Wildman–Crippen MR) is 138 cm³/mol. The Morgan fingerprint density at radius 3 is 2.39 bits per heavy atom. The molecule has 2 aliphatic heterocycles. The van der Waals surface area contributed by atoms with Gasteiger partial charge >= 0.3 is 12.6 Å². The molecule has 2 heterocycles. The van der Waals surface area contributed by atoms with Gasteiger partial charge in [0, 0.05) is 48.2 Å². The molecule has 0 unspecified atom stereocenters. The van der Waals surface area contributed by atoms with Gasteiger partial charge in [-0.1, -0.05) is 6.07 Å². The highest BCUT2D eigenvalue weighted by Crippen LogP contribution is 2.30. The van der Waals surface area contributed by atoms with E-state index in [-0.39, 0.29) is 48.2 Å². The summed E-state index contributed by atoms with van der Waals surface area (Å²) in [6.45, 7) is -0.506. The molecule has 11 heteroatoms. The van der Waals surface area contributed by atoms with Crippen LogP contribution < -0.4 is 19.9 Å². The van der Waals surface area contributed by atoms with E-state index in [1.54, 1.807) is 42.2 Å². The van der Waals surface area contributed by atoms with Crippen molar-refractivity contribution in [2.45, 2.75) is 39.2 Å². The maximum absolute atomic E-state index is 13.7. The highest BCUT2D eigenvalue weighted by molar-refractivity contribution is 6.43. The number of esters is 1. The number of nitrogens with zero attached hydrogens (tertiary/aromatic N) is 2. The van der Waals surface area contributed by atoms with Gasteiger partial charge in [0.05, 0.1) is 6.61 Å². The number of ether oxygens (including phenoxy) is 2. The second kappa shape index (κ2) is 11.8. The van der Waals surface area contributed by atoms with Gasteiger partial charge in [0.1, 0.15) is 17.2 Å².